The third-order valence-electron chi connectivity index (χ3n) is 4.61. The largest absolute Gasteiger partial charge is 0.493 e. The number of esters is 1. The normalized spacial score (nSPS) is 12.4. The number of nitrogens with zero attached hydrogens (tertiary/aromatic N) is 2. The van der Waals surface area contributed by atoms with Crippen LogP contribution in [0.5, 0.6) is 11.5 Å². The Hall–Kier alpha value is -3.88. The van der Waals surface area contributed by atoms with Crippen molar-refractivity contribution in [2.45, 2.75) is 13.2 Å². The minimum atomic E-state index is -0.404. The first-order valence-corrected chi connectivity index (χ1v) is 8.71. The van der Waals surface area contributed by atoms with Crippen molar-refractivity contribution in [2.75, 3.05) is 19.5 Å². The van der Waals surface area contributed by atoms with Gasteiger partial charge in [0.2, 0.25) is 5.91 Å². The number of hydrogen-bond donors (Lipinski definition) is 1. The van der Waals surface area contributed by atoms with Gasteiger partial charge in [0.1, 0.15) is 13.2 Å². The number of methoxy groups -OCH3 is 2. The minimum Gasteiger partial charge on any atom is -0.493 e. The van der Waals surface area contributed by atoms with E-state index in [1.54, 1.807) is 24.3 Å². The van der Waals surface area contributed by atoms with E-state index in [0.717, 1.165) is 0 Å². The zero-order chi connectivity index (χ0) is 20.5. The Kier molecular flexibility index (Phi) is 4.63. The predicted octanol–water partition coefficient (Wildman–Crippen LogP) is 1.72. The van der Waals surface area contributed by atoms with E-state index in [2.05, 4.69) is 10.3 Å². The number of rotatable bonds is 5. The van der Waals surface area contributed by atoms with Gasteiger partial charge in [0.05, 0.1) is 37.0 Å². The lowest BCUT2D eigenvalue weighted by molar-refractivity contribution is -0.116. The van der Waals surface area contributed by atoms with Crippen molar-refractivity contribution in [2.24, 2.45) is 0 Å². The van der Waals surface area contributed by atoms with Crippen LogP contribution >= 0.6 is 0 Å². The van der Waals surface area contributed by atoms with Crippen LogP contribution in [0, 0.1) is 0 Å². The number of fused-ring (bicyclic) bond motifs is 2. The van der Waals surface area contributed by atoms with Gasteiger partial charge in [0.15, 0.2) is 11.5 Å². The van der Waals surface area contributed by atoms with Crippen molar-refractivity contribution >= 4 is 28.5 Å². The van der Waals surface area contributed by atoms with Crippen molar-refractivity contribution in [1.29, 1.82) is 0 Å². The summed E-state index contributed by atoms with van der Waals surface area (Å²) in [7, 11) is 2.97. The molecule has 2 aromatic carbocycles. The Balaban J connectivity index is 1.57. The van der Waals surface area contributed by atoms with Crippen LogP contribution in [0.4, 0.5) is 5.69 Å². The number of carbonyl (C=O) groups is 2. The maximum atomic E-state index is 12.8. The van der Waals surface area contributed by atoms with Gasteiger partial charge in [-0.1, -0.05) is 0 Å². The third-order valence-corrected chi connectivity index (χ3v) is 4.61. The summed E-state index contributed by atoms with van der Waals surface area (Å²) < 4.78 is 16.6. The standard InChI is InChI=1S/C20H17N3O6/c1-27-16-6-14-15(7-17(16)28-2)21-10-23(19(14)25)8-18(24)22-12-3-4-13-11(5-12)9-29-20(13)26/h3-7,10H,8-9H2,1-2H3,(H,22,24). The highest BCUT2D eigenvalue weighted by Gasteiger charge is 2.21. The Bertz CT molecular complexity index is 1200. The first-order chi connectivity index (χ1) is 14.0. The lowest BCUT2D eigenvalue weighted by Crippen LogP contribution is -2.28. The van der Waals surface area contributed by atoms with E-state index in [4.69, 9.17) is 14.2 Å². The van der Waals surface area contributed by atoms with Gasteiger partial charge in [-0.15, -0.1) is 0 Å². The molecule has 0 bridgehead atoms. The number of nitrogens with one attached hydrogen (secondary N) is 1. The van der Waals surface area contributed by atoms with Crippen LogP contribution in [0.25, 0.3) is 10.9 Å². The molecule has 1 aliphatic heterocycles. The molecule has 9 nitrogen and oxygen atoms in total. The van der Waals surface area contributed by atoms with E-state index in [-0.39, 0.29) is 24.7 Å². The average molecular weight is 395 g/mol. The SMILES string of the molecule is COc1cc2ncn(CC(=O)Nc3ccc4c(c3)COC4=O)c(=O)c2cc1OC. The quantitative estimate of drug-likeness (QED) is 0.655. The smallest absolute Gasteiger partial charge is 0.338 e. The molecule has 0 spiro atoms. The number of cyclic esters (lactones) is 1. The number of aromatic nitrogens is 2. The fourth-order valence-corrected chi connectivity index (χ4v) is 3.16. The van der Waals surface area contributed by atoms with E-state index < -0.39 is 5.91 Å². The summed E-state index contributed by atoms with van der Waals surface area (Å²) in [6.45, 7) is -0.0418. The summed E-state index contributed by atoms with van der Waals surface area (Å²) in [5, 5.41) is 3.02. The Morgan fingerprint density at radius 1 is 1.17 bits per heavy atom. The molecule has 4 rings (SSSR count). The van der Waals surface area contributed by atoms with Crippen LogP contribution in [0.1, 0.15) is 15.9 Å². The molecule has 1 aromatic heterocycles. The molecule has 1 N–H and O–H groups in total. The minimum absolute atomic E-state index is 0.178. The molecular weight excluding hydrogens is 378 g/mol. The van der Waals surface area contributed by atoms with Crippen LogP contribution in [0.2, 0.25) is 0 Å². The molecule has 2 heterocycles. The van der Waals surface area contributed by atoms with Gasteiger partial charge < -0.3 is 19.5 Å². The van der Waals surface area contributed by atoms with Crippen molar-refractivity contribution in [3.05, 3.63) is 58.1 Å². The van der Waals surface area contributed by atoms with E-state index in [1.165, 1.54) is 31.2 Å². The molecular formula is C20H17N3O6. The summed E-state index contributed by atoms with van der Waals surface area (Å²) in [5.74, 6) is 0.0788. The van der Waals surface area contributed by atoms with Gasteiger partial charge in [0.25, 0.3) is 5.56 Å². The maximum absolute atomic E-state index is 12.8. The number of carbonyl (C=O) groups excluding carboxylic acids is 2. The van der Waals surface area contributed by atoms with Crippen molar-refractivity contribution in [1.82, 2.24) is 9.55 Å². The fraction of sp³-hybridized carbons (Fsp3) is 0.200. The van der Waals surface area contributed by atoms with Crippen LogP contribution < -0.4 is 20.3 Å². The highest BCUT2D eigenvalue weighted by Crippen LogP contribution is 2.29. The molecule has 3 aromatic rings. The maximum Gasteiger partial charge on any atom is 0.338 e. The molecule has 0 unspecified atom stereocenters. The summed E-state index contributed by atoms with van der Waals surface area (Å²) >= 11 is 0. The highest BCUT2D eigenvalue weighted by molar-refractivity contribution is 5.95. The Morgan fingerprint density at radius 3 is 2.69 bits per heavy atom. The van der Waals surface area contributed by atoms with Crippen molar-refractivity contribution in [3.8, 4) is 11.5 Å². The van der Waals surface area contributed by atoms with Gasteiger partial charge in [-0.25, -0.2) is 9.78 Å². The second kappa shape index (κ2) is 7.27. The number of anilines is 1. The van der Waals surface area contributed by atoms with Crippen LogP contribution in [-0.2, 0) is 22.7 Å². The summed E-state index contributed by atoms with van der Waals surface area (Å²) in [5.41, 5.74) is 1.77. The number of hydrogen-bond acceptors (Lipinski definition) is 7. The monoisotopic (exact) mass is 395 g/mol. The molecule has 0 radical (unpaired) electrons. The van der Waals surface area contributed by atoms with E-state index >= 15 is 0 Å². The Labute approximate surface area is 164 Å². The Morgan fingerprint density at radius 2 is 1.93 bits per heavy atom. The van der Waals surface area contributed by atoms with Crippen LogP contribution in [-0.4, -0.2) is 35.6 Å². The first kappa shape index (κ1) is 18.5. The molecule has 0 saturated heterocycles. The molecule has 0 saturated carbocycles. The summed E-state index contributed by atoms with van der Waals surface area (Å²) in [6.07, 6.45) is 1.31. The highest BCUT2D eigenvalue weighted by atomic mass is 16.5. The van der Waals surface area contributed by atoms with Gasteiger partial charge in [0, 0.05) is 17.3 Å². The van der Waals surface area contributed by atoms with Gasteiger partial charge in [-0.2, -0.15) is 0 Å². The molecule has 9 heteroatoms. The fourth-order valence-electron chi connectivity index (χ4n) is 3.16. The number of amides is 1. The summed E-state index contributed by atoms with van der Waals surface area (Å²) in [4.78, 5) is 40.9. The van der Waals surface area contributed by atoms with Gasteiger partial charge >= 0.3 is 5.97 Å². The van der Waals surface area contributed by atoms with Crippen molar-refractivity contribution < 1.29 is 23.8 Å². The molecule has 29 heavy (non-hydrogen) atoms. The topological polar surface area (TPSA) is 109 Å². The molecule has 1 aliphatic rings. The van der Waals surface area contributed by atoms with Crippen LogP contribution in [0.3, 0.4) is 0 Å². The van der Waals surface area contributed by atoms with Crippen molar-refractivity contribution in [3.63, 3.8) is 0 Å². The zero-order valence-corrected chi connectivity index (χ0v) is 15.7. The molecule has 0 fully saturated rings. The molecule has 1 amide bonds. The molecule has 0 aliphatic carbocycles. The lowest BCUT2D eigenvalue weighted by atomic mass is 10.1. The van der Waals surface area contributed by atoms with E-state index in [9.17, 15) is 14.4 Å². The average Bonchev–Trinajstić information content (AvgIpc) is 3.09. The van der Waals surface area contributed by atoms with Gasteiger partial charge in [-0.3, -0.25) is 14.2 Å². The van der Waals surface area contributed by atoms with Crippen LogP contribution in [0.15, 0.2) is 41.5 Å². The van der Waals surface area contributed by atoms with Gasteiger partial charge in [-0.05, 0) is 24.3 Å². The zero-order valence-electron chi connectivity index (χ0n) is 15.7. The second-order valence-electron chi connectivity index (χ2n) is 6.40. The second-order valence-corrected chi connectivity index (χ2v) is 6.40. The third kappa shape index (κ3) is 3.38. The predicted molar refractivity (Wildman–Crippen MR) is 103 cm³/mol. The van der Waals surface area contributed by atoms with E-state index in [1.807, 2.05) is 0 Å². The number of benzene rings is 2. The molecule has 148 valence electrons. The lowest BCUT2D eigenvalue weighted by Gasteiger charge is -2.11. The number of ether oxygens (including phenoxy) is 3. The summed E-state index contributed by atoms with van der Waals surface area (Å²) in [6, 6.07) is 8.03. The molecule has 0 atom stereocenters. The first-order valence-electron chi connectivity index (χ1n) is 8.71. The van der Waals surface area contributed by atoms with E-state index in [0.29, 0.717) is 39.2 Å².